The van der Waals surface area contributed by atoms with Crippen molar-refractivity contribution < 1.29 is 28.7 Å². The Balaban J connectivity index is 1.61. The van der Waals surface area contributed by atoms with Crippen LogP contribution in [0.3, 0.4) is 0 Å². The standard InChI is InChI=1S/C24H31N3O6/c1-15-21(24(31)32-4)18(25-22(15)16(2)28)14-20(29)33-13-10-17-8-5-6-12-27(17)23(30)19-9-7-11-26(19)3/h7,9,11,17,25H,5-6,8,10,12-14H2,1-4H3. The van der Waals surface area contributed by atoms with E-state index in [1.165, 1.54) is 14.0 Å². The lowest BCUT2D eigenvalue weighted by atomic mass is 9.99. The summed E-state index contributed by atoms with van der Waals surface area (Å²) in [4.78, 5) is 54.2. The molecule has 178 valence electrons. The number of hydrogen-bond donors (Lipinski definition) is 1. The number of hydrogen-bond acceptors (Lipinski definition) is 6. The van der Waals surface area contributed by atoms with E-state index in [0.717, 1.165) is 19.3 Å². The van der Waals surface area contributed by atoms with Crippen molar-refractivity contribution >= 4 is 23.6 Å². The number of carbonyl (C=O) groups is 4. The van der Waals surface area contributed by atoms with Gasteiger partial charge in [0.15, 0.2) is 5.78 Å². The Labute approximate surface area is 193 Å². The number of ketones is 1. The highest BCUT2D eigenvalue weighted by Gasteiger charge is 2.29. The maximum Gasteiger partial charge on any atom is 0.339 e. The molecule has 2 aromatic heterocycles. The minimum absolute atomic E-state index is 0.00312. The second kappa shape index (κ2) is 10.5. The molecule has 0 aliphatic carbocycles. The number of ether oxygens (including phenoxy) is 2. The van der Waals surface area contributed by atoms with Crippen molar-refractivity contribution in [3.8, 4) is 0 Å². The van der Waals surface area contributed by atoms with Gasteiger partial charge in [-0.2, -0.15) is 0 Å². The molecule has 9 heteroatoms. The quantitative estimate of drug-likeness (QED) is 0.482. The molecule has 1 fully saturated rings. The van der Waals surface area contributed by atoms with Gasteiger partial charge in [0.2, 0.25) is 0 Å². The molecule has 0 spiro atoms. The number of rotatable bonds is 8. The summed E-state index contributed by atoms with van der Waals surface area (Å²) in [6.07, 6.45) is 5.03. The first-order chi connectivity index (χ1) is 15.7. The summed E-state index contributed by atoms with van der Waals surface area (Å²) in [5.74, 6) is -1.39. The number of carbonyl (C=O) groups excluding carboxylic acids is 4. The van der Waals surface area contributed by atoms with Crippen LogP contribution in [-0.4, -0.2) is 64.4 Å². The first kappa shape index (κ1) is 24.3. The number of esters is 2. The van der Waals surface area contributed by atoms with E-state index >= 15 is 0 Å². The van der Waals surface area contributed by atoms with E-state index in [2.05, 4.69) is 4.98 Å². The third kappa shape index (κ3) is 5.35. The normalized spacial score (nSPS) is 15.9. The number of piperidine rings is 1. The molecular formula is C24H31N3O6. The van der Waals surface area contributed by atoms with E-state index in [1.54, 1.807) is 17.6 Å². The Morgan fingerprint density at radius 1 is 1.21 bits per heavy atom. The average Bonchev–Trinajstić information content (AvgIpc) is 3.36. The molecule has 1 saturated heterocycles. The van der Waals surface area contributed by atoms with Gasteiger partial charge in [-0.25, -0.2) is 4.79 Å². The third-order valence-corrected chi connectivity index (χ3v) is 6.16. The summed E-state index contributed by atoms with van der Waals surface area (Å²) in [6, 6.07) is 3.65. The zero-order valence-electron chi connectivity index (χ0n) is 19.6. The summed E-state index contributed by atoms with van der Waals surface area (Å²) in [7, 11) is 3.09. The highest BCUT2D eigenvalue weighted by Crippen LogP contribution is 2.23. The Hall–Kier alpha value is -3.36. The number of aryl methyl sites for hydroxylation is 1. The molecule has 0 bridgehead atoms. The summed E-state index contributed by atoms with van der Waals surface area (Å²) < 4.78 is 12.0. The Morgan fingerprint density at radius 2 is 1.97 bits per heavy atom. The molecule has 9 nitrogen and oxygen atoms in total. The fraction of sp³-hybridized carbons (Fsp3) is 0.500. The van der Waals surface area contributed by atoms with E-state index in [9.17, 15) is 19.2 Å². The van der Waals surface area contributed by atoms with Crippen LogP contribution in [-0.2, 0) is 27.7 Å². The number of Topliss-reactive ketones (excluding diaryl/α,β-unsaturated/α-hetero) is 1. The number of nitrogens with zero attached hydrogens (tertiary/aromatic N) is 2. The van der Waals surface area contributed by atoms with E-state index in [1.807, 2.05) is 24.2 Å². The minimum Gasteiger partial charge on any atom is -0.465 e. The number of aromatic amines is 1. The van der Waals surface area contributed by atoms with Crippen LogP contribution in [0.2, 0.25) is 0 Å². The lowest BCUT2D eigenvalue weighted by Crippen LogP contribution is -2.44. The van der Waals surface area contributed by atoms with Gasteiger partial charge in [-0.3, -0.25) is 14.4 Å². The van der Waals surface area contributed by atoms with Gasteiger partial charge in [0.25, 0.3) is 5.91 Å². The van der Waals surface area contributed by atoms with E-state index in [-0.39, 0.29) is 42.0 Å². The van der Waals surface area contributed by atoms with Gasteiger partial charge in [-0.15, -0.1) is 0 Å². The third-order valence-electron chi connectivity index (χ3n) is 6.16. The molecule has 33 heavy (non-hydrogen) atoms. The topological polar surface area (TPSA) is 111 Å². The predicted molar refractivity (Wildman–Crippen MR) is 120 cm³/mol. The smallest absolute Gasteiger partial charge is 0.339 e. The van der Waals surface area contributed by atoms with Crippen molar-refractivity contribution in [3.05, 3.63) is 46.5 Å². The molecule has 1 aliphatic heterocycles. The van der Waals surface area contributed by atoms with Crippen molar-refractivity contribution in [2.75, 3.05) is 20.3 Å². The molecule has 3 rings (SSSR count). The molecule has 2 aromatic rings. The van der Waals surface area contributed by atoms with E-state index in [0.29, 0.717) is 29.9 Å². The molecule has 1 atom stereocenters. The van der Waals surface area contributed by atoms with Gasteiger partial charge in [0.1, 0.15) is 5.69 Å². The summed E-state index contributed by atoms with van der Waals surface area (Å²) in [6.45, 7) is 3.86. The van der Waals surface area contributed by atoms with Crippen LogP contribution in [0.1, 0.15) is 75.2 Å². The van der Waals surface area contributed by atoms with Crippen LogP contribution < -0.4 is 0 Å². The SMILES string of the molecule is COC(=O)c1c(CC(=O)OCCC2CCCCN2C(=O)c2cccn2C)[nH]c(C(C)=O)c1C. The van der Waals surface area contributed by atoms with Gasteiger partial charge in [0.05, 0.1) is 31.4 Å². The second-order valence-electron chi connectivity index (χ2n) is 8.36. The van der Waals surface area contributed by atoms with Crippen LogP contribution in [0.15, 0.2) is 18.3 Å². The highest BCUT2D eigenvalue weighted by atomic mass is 16.5. The molecule has 0 saturated carbocycles. The number of amides is 1. The summed E-state index contributed by atoms with van der Waals surface area (Å²) in [5.41, 5.74) is 1.85. The van der Waals surface area contributed by atoms with Crippen LogP contribution >= 0.6 is 0 Å². The first-order valence-electron chi connectivity index (χ1n) is 11.1. The molecule has 1 amide bonds. The maximum absolute atomic E-state index is 13.0. The summed E-state index contributed by atoms with van der Waals surface area (Å²) in [5, 5.41) is 0. The second-order valence-corrected chi connectivity index (χ2v) is 8.36. The van der Waals surface area contributed by atoms with Crippen molar-refractivity contribution in [2.24, 2.45) is 7.05 Å². The number of H-pyrrole nitrogens is 1. The largest absolute Gasteiger partial charge is 0.465 e. The number of aromatic nitrogens is 2. The van der Waals surface area contributed by atoms with Crippen molar-refractivity contribution in [1.82, 2.24) is 14.5 Å². The first-order valence-corrected chi connectivity index (χ1v) is 11.1. The van der Waals surface area contributed by atoms with Crippen LogP contribution in [0.25, 0.3) is 0 Å². The fourth-order valence-electron chi connectivity index (χ4n) is 4.42. The Kier molecular flexibility index (Phi) is 7.73. The average molecular weight is 458 g/mol. The van der Waals surface area contributed by atoms with Gasteiger partial charge in [0, 0.05) is 44.9 Å². The van der Waals surface area contributed by atoms with Crippen LogP contribution in [0.5, 0.6) is 0 Å². The van der Waals surface area contributed by atoms with E-state index in [4.69, 9.17) is 9.47 Å². The summed E-state index contributed by atoms with van der Waals surface area (Å²) >= 11 is 0. The molecule has 1 N–H and O–H groups in total. The van der Waals surface area contributed by atoms with Gasteiger partial charge >= 0.3 is 11.9 Å². The lowest BCUT2D eigenvalue weighted by Gasteiger charge is -2.35. The van der Waals surface area contributed by atoms with E-state index < -0.39 is 11.9 Å². The number of methoxy groups -OCH3 is 1. The van der Waals surface area contributed by atoms with Gasteiger partial charge in [-0.1, -0.05) is 0 Å². The lowest BCUT2D eigenvalue weighted by molar-refractivity contribution is -0.143. The number of likely N-dealkylation sites (tertiary alicyclic amines) is 1. The maximum atomic E-state index is 13.0. The van der Waals surface area contributed by atoms with Crippen molar-refractivity contribution in [2.45, 2.75) is 52.0 Å². The number of nitrogens with one attached hydrogen (secondary N) is 1. The molecular weight excluding hydrogens is 426 g/mol. The van der Waals surface area contributed by atoms with Crippen molar-refractivity contribution in [3.63, 3.8) is 0 Å². The zero-order valence-corrected chi connectivity index (χ0v) is 19.6. The highest BCUT2D eigenvalue weighted by molar-refractivity contribution is 6.01. The minimum atomic E-state index is -0.615. The molecule has 3 heterocycles. The van der Waals surface area contributed by atoms with Crippen LogP contribution in [0.4, 0.5) is 0 Å². The zero-order chi connectivity index (χ0) is 24.1. The Bertz CT molecular complexity index is 1050. The predicted octanol–water partition coefficient (Wildman–Crippen LogP) is 2.82. The van der Waals surface area contributed by atoms with Crippen molar-refractivity contribution in [1.29, 1.82) is 0 Å². The van der Waals surface area contributed by atoms with Gasteiger partial charge < -0.3 is 23.9 Å². The molecule has 1 unspecified atom stereocenters. The Morgan fingerprint density at radius 3 is 2.61 bits per heavy atom. The monoisotopic (exact) mass is 457 g/mol. The van der Waals surface area contributed by atoms with Gasteiger partial charge in [-0.05, 0) is 43.9 Å². The van der Waals surface area contributed by atoms with Crippen LogP contribution in [0, 0.1) is 6.92 Å². The molecule has 1 aliphatic rings. The molecule has 0 aromatic carbocycles. The fourth-order valence-corrected chi connectivity index (χ4v) is 4.42. The molecule has 0 radical (unpaired) electrons.